The Morgan fingerprint density at radius 1 is 0.706 bits per heavy atom. The monoisotopic (exact) mass is 470 g/mol. The lowest BCUT2D eigenvalue weighted by Crippen LogP contribution is -2.50. The average Bonchev–Trinajstić information content (AvgIpc) is 2.85. The first-order valence-corrected chi connectivity index (χ1v) is 12.7. The molecule has 0 fully saturated rings. The van der Waals surface area contributed by atoms with Crippen molar-refractivity contribution in [1.29, 1.82) is 0 Å². The van der Waals surface area contributed by atoms with Crippen molar-refractivity contribution in [3.05, 3.63) is 131 Å². The molecule has 1 aliphatic heterocycles. The molecule has 0 saturated carbocycles. The summed E-state index contributed by atoms with van der Waals surface area (Å²) in [6.45, 7) is 3.96. The molecule has 0 amide bonds. The van der Waals surface area contributed by atoms with E-state index in [0.717, 1.165) is 33.6 Å². The highest BCUT2D eigenvalue weighted by atomic mass is 32.2. The summed E-state index contributed by atoms with van der Waals surface area (Å²) in [6, 6.07) is 32.0. The fourth-order valence-corrected chi connectivity index (χ4v) is 5.30. The Bertz CT molecular complexity index is 1390. The molecule has 0 spiro atoms. The van der Waals surface area contributed by atoms with Gasteiger partial charge in [-0.1, -0.05) is 96.1 Å². The molecule has 1 heterocycles. The van der Waals surface area contributed by atoms with Crippen molar-refractivity contribution < 1.29 is 13.2 Å². The highest BCUT2D eigenvalue weighted by Gasteiger charge is 2.40. The summed E-state index contributed by atoms with van der Waals surface area (Å²) in [5, 5.41) is 1.71. The lowest BCUT2D eigenvalue weighted by Gasteiger charge is -2.42. The molecule has 1 aliphatic rings. The molecule has 1 unspecified atom stereocenters. The van der Waals surface area contributed by atoms with Crippen LogP contribution in [0.4, 0.5) is 0 Å². The van der Waals surface area contributed by atoms with Crippen molar-refractivity contribution in [1.82, 2.24) is 9.84 Å². The molecule has 4 aromatic rings. The van der Waals surface area contributed by atoms with Gasteiger partial charge in [0.2, 0.25) is 0 Å². The molecule has 0 bridgehead atoms. The molecule has 2 atom stereocenters. The van der Waals surface area contributed by atoms with E-state index in [9.17, 15) is 8.42 Å². The highest BCUT2D eigenvalue weighted by Crippen LogP contribution is 2.44. The zero-order chi connectivity index (χ0) is 23.7. The number of ether oxygens (including phenoxy) is 1. The summed E-state index contributed by atoms with van der Waals surface area (Å²) in [5.41, 5.74) is 4.84. The third-order valence-corrected chi connectivity index (χ3v) is 7.36. The number of nitrogens with zero attached hydrogens (tertiary/aromatic N) is 1. The van der Waals surface area contributed by atoms with Crippen LogP contribution in [0, 0.1) is 13.8 Å². The van der Waals surface area contributed by atoms with E-state index in [2.05, 4.69) is 4.83 Å². The standard InChI is InChI=1S/C28H26N2O3S/c1-20-12-16-22(17-13-20)27-25-10-6-7-11-26(25)33-28(23-8-4-3-5-9-23)30(27)29-34(31,32)24-18-14-21(2)15-19-24/h3-19,27-29H,1-2H3/t27-,28?/m0/s1. The van der Waals surface area contributed by atoms with Gasteiger partial charge in [0.05, 0.1) is 10.9 Å². The molecular weight excluding hydrogens is 444 g/mol. The van der Waals surface area contributed by atoms with Gasteiger partial charge in [0.1, 0.15) is 5.75 Å². The van der Waals surface area contributed by atoms with E-state index in [4.69, 9.17) is 4.74 Å². The lowest BCUT2D eigenvalue weighted by molar-refractivity contribution is -0.0368. The Balaban J connectivity index is 1.67. The molecule has 0 aliphatic carbocycles. The van der Waals surface area contributed by atoms with Crippen molar-refractivity contribution in [2.24, 2.45) is 0 Å². The highest BCUT2D eigenvalue weighted by molar-refractivity contribution is 7.89. The van der Waals surface area contributed by atoms with Crippen LogP contribution < -0.4 is 9.57 Å². The summed E-state index contributed by atoms with van der Waals surface area (Å²) < 4.78 is 33.5. The van der Waals surface area contributed by atoms with Gasteiger partial charge in [0.15, 0.2) is 6.23 Å². The van der Waals surface area contributed by atoms with Crippen LogP contribution in [0.5, 0.6) is 5.75 Å². The minimum absolute atomic E-state index is 0.200. The van der Waals surface area contributed by atoms with E-state index < -0.39 is 22.3 Å². The van der Waals surface area contributed by atoms with Crippen LogP contribution in [0.2, 0.25) is 0 Å². The van der Waals surface area contributed by atoms with Gasteiger partial charge in [0.25, 0.3) is 10.0 Å². The summed E-state index contributed by atoms with van der Waals surface area (Å²) in [6.07, 6.45) is -0.664. The van der Waals surface area contributed by atoms with Crippen LogP contribution in [0.25, 0.3) is 0 Å². The van der Waals surface area contributed by atoms with Crippen LogP contribution in [-0.2, 0) is 10.0 Å². The predicted molar refractivity (Wildman–Crippen MR) is 133 cm³/mol. The molecule has 5 nitrogen and oxygen atoms in total. The summed E-state index contributed by atoms with van der Waals surface area (Å²) in [4.78, 5) is 3.06. The van der Waals surface area contributed by atoms with E-state index in [1.54, 1.807) is 29.3 Å². The predicted octanol–water partition coefficient (Wildman–Crippen LogP) is 5.68. The van der Waals surface area contributed by atoms with E-state index in [1.165, 1.54) is 0 Å². The molecule has 0 aromatic heterocycles. The minimum Gasteiger partial charge on any atom is -0.469 e. The largest absolute Gasteiger partial charge is 0.469 e. The molecular formula is C28H26N2O3S. The van der Waals surface area contributed by atoms with E-state index >= 15 is 0 Å². The Morgan fingerprint density at radius 2 is 1.29 bits per heavy atom. The topological polar surface area (TPSA) is 58.6 Å². The normalized spacial score (nSPS) is 18.2. The van der Waals surface area contributed by atoms with Crippen molar-refractivity contribution in [3.63, 3.8) is 0 Å². The number of rotatable bonds is 5. The second kappa shape index (κ2) is 9.06. The third kappa shape index (κ3) is 4.35. The number of aryl methyl sites for hydroxylation is 2. The first kappa shape index (κ1) is 22.3. The smallest absolute Gasteiger partial charge is 0.253 e. The fourth-order valence-electron chi connectivity index (χ4n) is 4.22. The van der Waals surface area contributed by atoms with Crippen LogP contribution in [-0.4, -0.2) is 13.4 Å². The maximum absolute atomic E-state index is 13.5. The number of hydrogen-bond donors (Lipinski definition) is 1. The van der Waals surface area contributed by atoms with Gasteiger partial charge in [-0.2, -0.15) is 5.01 Å². The van der Waals surface area contributed by atoms with E-state index in [-0.39, 0.29) is 4.90 Å². The zero-order valence-corrected chi connectivity index (χ0v) is 19.9. The molecule has 6 heteroatoms. The maximum Gasteiger partial charge on any atom is 0.253 e. The molecule has 4 aromatic carbocycles. The van der Waals surface area contributed by atoms with Gasteiger partial charge in [-0.05, 0) is 37.6 Å². The minimum atomic E-state index is -3.87. The van der Waals surface area contributed by atoms with Crippen molar-refractivity contribution in [2.45, 2.75) is 31.0 Å². The van der Waals surface area contributed by atoms with E-state index in [0.29, 0.717) is 0 Å². The molecule has 1 N–H and O–H groups in total. The van der Waals surface area contributed by atoms with Crippen molar-refractivity contribution >= 4 is 10.0 Å². The van der Waals surface area contributed by atoms with Crippen LogP contribution >= 0.6 is 0 Å². The molecule has 5 rings (SSSR count). The van der Waals surface area contributed by atoms with Gasteiger partial charge in [0, 0.05) is 11.1 Å². The number of fused-ring (bicyclic) bond motifs is 1. The lowest BCUT2D eigenvalue weighted by atomic mass is 9.94. The number of hydrogen-bond acceptors (Lipinski definition) is 4. The van der Waals surface area contributed by atoms with Crippen LogP contribution in [0.3, 0.4) is 0 Å². The summed E-state index contributed by atoms with van der Waals surface area (Å²) in [7, 11) is -3.87. The Morgan fingerprint density at radius 3 is 1.97 bits per heavy atom. The second-order valence-corrected chi connectivity index (χ2v) is 10.2. The number of benzene rings is 4. The molecule has 172 valence electrons. The molecule has 0 saturated heterocycles. The second-order valence-electron chi connectivity index (χ2n) is 8.55. The van der Waals surface area contributed by atoms with Crippen molar-refractivity contribution in [3.8, 4) is 5.75 Å². The number of nitrogens with one attached hydrogen (secondary N) is 1. The van der Waals surface area contributed by atoms with Crippen LogP contribution in [0.1, 0.15) is 40.1 Å². The fraction of sp³-hybridized carbons (Fsp3) is 0.143. The van der Waals surface area contributed by atoms with E-state index in [1.807, 2.05) is 92.7 Å². The zero-order valence-electron chi connectivity index (χ0n) is 19.0. The molecule has 0 radical (unpaired) electrons. The SMILES string of the molecule is Cc1ccc([C@H]2c3ccccc3OC(c3ccccc3)N2NS(=O)(=O)c2ccc(C)cc2)cc1. The number of para-hydroxylation sites is 1. The summed E-state index contributed by atoms with van der Waals surface area (Å²) in [5.74, 6) is 0.729. The third-order valence-electron chi connectivity index (χ3n) is 6.02. The first-order chi connectivity index (χ1) is 16.4. The maximum atomic E-state index is 13.5. The van der Waals surface area contributed by atoms with Crippen LogP contribution in [0.15, 0.2) is 108 Å². The Hall–Kier alpha value is -3.45. The first-order valence-electron chi connectivity index (χ1n) is 11.2. The van der Waals surface area contributed by atoms with Crippen molar-refractivity contribution in [2.75, 3.05) is 0 Å². The Kier molecular flexibility index (Phi) is 5.96. The van der Waals surface area contributed by atoms with Gasteiger partial charge in [-0.15, -0.1) is 4.83 Å². The quantitative estimate of drug-likeness (QED) is 0.408. The number of hydrazine groups is 1. The Labute approximate surface area is 200 Å². The number of sulfonamides is 1. The van der Waals surface area contributed by atoms with Gasteiger partial charge in [-0.25, -0.2) is 8.42 Å². The van der Waals surface area contributed by atoms with Gasteiger partial charge >= 0.3 is 0 Å². The summed E-state index contributed by atoms with van der Waals surface area (Å²) >= 11 is 0. The van der Waals surface area contributed by atoms with Gasteiger partial charge in [-0.3, -0.25) is 0 Å². The molecule has 34 heavy (non-hydrogen) atoms. The van der Waals surface area contributed by atoms with Gasteiger partial charge < -0.3 is 4.74 Å². The average molecular weight is 471 g/mol.